The van der Waals surface area contributed by atoms with Crippen molar-refractivity contribution in [2.75, 3.05) is 39.5 Å². The Morgan fingerprint density at radius 1 is 1.19 bits per heavy atom. The molecule has 1 saturated carbocycles. The lowest BCUT2D eigenvalue weighted by molar-refractivity contribution is -0.125. The highest BCUT2D eigenvalue weighted by atomic mass is 16.5. The van der Waals surface area contributed by atoms with Gasteiger partial charge in [-0.25, -0.2) is 9.78 Å². The summed E-state index contributed by atoms with van der Waals surface area (Å²) in [6.45, 7) is 7.18. The second-order valence-corrected chi connectivity index (χ2v) is 8.96. The number of carbonyl (C=O) groups excluding carboxylic acids is 2. The minimum Gasteiger partial charge on any atom is -0.452 e. The molecule has 174 valence electrons. The molecule has 2 aromatic heterocycles. The summed E-state index contributed by atoms with van der Waals surface area (Å²) >= 11 is 0. The van der Waals surface area contributed by atoms with Crippen LogP contribution in [0.1, 0.15) is 53.8 Å². The van der Waals surface area contributed by atoms with Crippen LogP contribution in [0.4, 0.5) is 0 Å². The molecule has 4 rings (SSSR count). The predicted octanol–water partition coefficient (Wildman–Crippen LogP) is 1.89. The lowest BCUT2D eigenvalue weighted by atomic mass is 9.79. The van der Waals surface area contributed by atoms with E-state index < -0.39 is 5.97 Å². The summed E-state index contributed by atoms with van der Waals surface area (Å²) in [7, 11) is 1.79. The van der Waals surface area contributed by atoms with E-state index in [-0.39, 0.29) is 18.1 Å². The Labute approximate surface area is 188 Å². The Hall–Kier alpha value is -2.52. The fourth-order valence-corrected chi connectivity index (χ4v) is 5.11. The van der Waals surface area contributed by atoms with Crippen LogP contribution in [0.2, 0.25) is 0 Å². The average molecular weight is 444 g/mol. The number of carbonyl (C=O) groups is 2. The van der Waals surface area contributed by atoms with Crippen molar-refractivity contribution in [2.45, 2.75) is 51.5 Å². The van der Waals surface area contributed by atoms with Crippen LogP contribution in [0.25, 0.3) is 11.0 Å². The average Bonchev–Trinajstić information content (AvgIpc) is 3.09. The third-order valence-electron chi connectivity index (χ3n) is 6.73. The molecular weight excluding hydrogens is 410 g/mol. The summed E-state index contributed by atoms with van der Waals surface area (Å²) in [4.78, 5) is 32.3. The van der Waals surface area contributed by atoms with Gasteiger partial charge in [-0.3, -0.25) is 14.4 Å². The summed E-state index contributed by atoms with van der Waals surface area (Å²) in [5.74, 6) is -0.811. The number of hydrogen-bond donors (Lipinski definition) is 1. The number of amides is 1. The van der Waals surface area contributed by atoms with Gasteiger partial charge in [0.25, 0.3) is 5.91 Å². The first-order valence-electron chi connectivity index (χ1n) is 11.5. The minimum absolute atomic E-state index is 0.0249. The van der Waals surface area contributed by atoms with Gasteiger partial charge in [0, 0.05) is 37.9 Å². The number of nitrogens with zero attached hydrogens (tertiary/aromatic N) is 4. The molecule has 9 heteroatoms. The summed E-state index contributed by atoms with van der Waals surface area (Å²) in [5, 5.41) is 8.05. The van der Waals surface area contributed by atoms with Gasteiger partial charge >= 0.3 is 5.97 Å². The van der Waals surface area contributed by atoms with Crippen molar-refractivity contribution in [1.82, 2.24) is 25.0 Å². The van der Waals surface area contributed by atoms with E-state index in [4.69, 9.17) is 9.47 Å². The number of aryl methyl sites for hydroxylation is 3. The van der Waals surface area contributed by atoms with Gasteiger partial charge in [0.1, 0.15) is 0 Å². The quantitative estimate of drug-likeness (QED) is 0.681. The van der Waals surface area contributed by atoms with Gasteiger partial charge in [0.05, 0.1) is 29.9 Å². The lowest BCUT2D eigenvalue weighted by Gasteiger charge is -2.48. The van der Waals surface area contributed by atoms with Crippen LogP contribution in [-0.4, -0.2) is 76.5 Å². The van der Waals surface area contributed by atoms with E-state index >= 15 is 0 Å². The van der Waals surface area contributed by atoms with Crippen molar-refractivity contribution >= 4 is 22.9 Å². The Bertz CT molecular complexity index is 990. The van der Waals surface area contributed by atoms with Gasteiger partial charge < -0.3 is 14.8 Å². The number of pyridine rings is 1. The molecule has 32 heavy (non-hydrogen) atoms. The number of ether oxygens (including phenoxy) is 2. The molecular formula is C23H33N5O4. The molecule has 1 saturated heterocycles. The number of aromatic nitrogens is 3. The maximum atomic E-state index is 12.8. The molecule has 0 aromatic carbocycles. The van der Waals surface area contributed by atoms with E-state index in [0.29, 0.717) is 34.5 Å². The third kappa shape index (κ3) is 4.63. The van der Waals surface area contributed by atoms with Crippen LogP contribution in [0.5, 0.6) is 0 Å². The standard InChI is InChI=1S/C23H33N5O4/c1-16-13-18(20-17(2)26-27(3)21(20)25-16)22(30)32-14-19(29)24-15-23(7-5-4-6-8-23)28-9-11-31-12-10-28/h13H,4-12,14-15H2,1-3H3,(H,24,29). The van der Waals surface area contributed by atoms with Gasteiger partial charge in [-0.2, -0.15) is 5.10 Å². The van der Waals surface area contributed by atoms with E-state index in [1.54, 1.807) is 17.8 Å². The van der Waals surface area contributed by atoms with Crippen molar-refractivity contribution in [3.8, 4) is 0 Å². The summed E-state index contributed by atoms with van der Waals surface area (Å²) < 4.78 is 12.6. The zero-order chi connectivity index (χ0) is 22.7. The summed E-state index contributed by atoms with van der Waals surface area (Å²) in [5.41, 5.74) is 2.40. The normalized spacial score (nSPS) is 19.1. The predicted molar refractivity (Wildman–Crippen MR) is 119 cm³/mol. The molecule has 0 radical (unpaired) electrons. The molecule has 0 bridgehead atoms. The number of nitrogens with one attached hydrogen (secondary N) is 1. The Balaban J connectivity index is 1.38. The SMILES string of the molecule is Cc1cc(C(=O)OCC(=O)NCC2(N3CCOCC3)CCCCC2)c2c(C)nn(C)c2n1. The molecule has 1 amide bonds. The van der Waals surface area contributed by atoms with Crippen LogP contribution in [-0.2, 0) is 21.3 Å². The fourth-order valence-electron chi connectivity index (χ4n) is 5.11. The molecule has 2 aliphatic rings. The van der Waals surface area contributed by atoms with E-state index in [1.165, 1.54) is 19.3 Å². The number of esters is 1. The maximum Gasteiger partial charge on any atom is 0.339 e. The molecule has 1 N–H and O–H groups in total. The zero-order valence-corrected chi connectivity index (χ0v) is 19.3. The van der Waals surface area contributed by atoms with Crippen molar-refractivity contribution in [2.24, 2.45) is 7.05 Å². The van der Waals surface area contributed by atoms with Crippen molar-refractivity contribution in [1.29, 1.82) is 0 Å². The second-order valence-electron chi connectivity index (χ2n) is 8.96. The largest absolute Gasteiger partial charge is 0.452 e. The number of morpholine rings is 1. The van der Waals surface area contributed by atoms with E-state index in [0.717, 1.165) is 39.1 Å². The first kappa shape index (κ1) is 22.7. The maximum absolute atomic E-state index is 12.8. The smallest absolute Gasteiger partial charge is 0.339 e. The molecule has 1 aliphatic carbocycles. The van der Waals surface area contributed by atoms with Crippen LogP contribution >= 0.6 is 0 Å². The Kier molecular flexibility index (Phi) is 6.76. The monoisotopic (exact) mass is 443 g/mol. The van der Waals surface area contributed by atoms with Gasteiger partial charge in [0.15, 0.2) is 12.3 Å². The highest BCUT2D eigenvalue weighted by molar-refractivity contribution is 6.04. The number of fused-ring (bicyclic) bond motifs is 1. The van der Waals surface area contributed by atoms with Crippen molar-refractivity contribution < 1.29 is 19.1 Å². The first-order chi connectivity index (χ1) is 15.4. The van der Waals surface area contributed by atoms with Gasteiger partial charge in [-0.05, 0) is 32.8 Å². The van der Waals surface area contributed by atoms with Crippen molar-refractivity contribution in [3.63, 3.8) is 0 Å². The van der Waals surface area contributed by atoms with E-state index in [1.807, 2.05) is 13.8 Å². The van der Waals surface area contributed by atoms with Gasteiger partial charge in [-0.1, -0.05) is 19.3 Å². The molecule has 2 fully saturated rings. The second kappa shape index (κ2) is 9.54. The lowest BCUT2D eigenvalue weighted by Crippen LogP contribution is -2.59. The van der Waals surface area contributed by atoms with Gasteiger partial charge in [-0.15, -0.1) is 0 Å². The number of rotatable bonds is 6. The summed E-state index contributed by atoms with van der Waals surface area (Å²) in [6, 6.07) is 1.69. The number of hydrogen-bond acceptors (Lipinski definition) is 7. The molecule has 2 aromatic rings. The van der Waals surface area contributed by atoms with Crippen LogP contribution in [0.3, 0.4) is 0 Å². The molecule has 9 nitrogen and oxygen atoms in total. The summed E-state index contributed by atoms with van der Waals surface area (Å²) in [6.07, 6.45) is 5.72. The Morgan fingerprint density at radius 2 is 1.91 bits per heavy atom. The molecule has 0 atom stereocenters. The molecule has 0 spiro atoms. The topological polar surface area (TPSA) is 98.6 Å². The van der Waals surface area contributed by atoms with Crippen LogP contribution in [0, 0.1) is 13.8 Å². The Morgan fingerprint density at radius 3 is 2.62 bits per heavy atom. The van der Waals surface area contributed by atoms with E-state index in [2.05, 4.69) is 20.3 Å². The fraction of sp³-hybridized carbons (Fsp3) is 0.652. The minimum atomic E-state index is -0.535. The highest BCUT2D eigenvalue weighted by Crippen LogP contribution is 2.33. The zero-order valence-electron chi connectivity index (χ0n) is 19.3. The molecule has 0 unspecified atom stereocenters. The van der Waals surface area contributed by atoms with Gasteiger partial charge in [0.2, 0.25) is 0 Å². The third-order valence-corrected chi connectivity index (χ3v) is 6.73. The van der Waals surface area contributed by atoms with Crippen molar-refractivity contribution in [3.05, 3.63) is 23.0 Å². The molecule has 1 aliphatic heterocycles. The highest BCUT2D eigenvalue weighted by Gasteiger charge is 2.38. The molecule has 3 heterocycles. The van der Waals surface area contributed by atoms with E-state index in [9.17, 15) is 9.59 Å². The first-order valence-corrected chi connectivity index (χ1v) is 11.5. The van der Waals surface area contributed by atoms with Crippen LogP contribution < -0.4 is 5.32 Å². The van der Waals surface area contributed by atoms with Crippen LogP contribution in [0.15, 0.2) is 6.07 Å².